The Labute approximate surface area is 169 Å². The topological polar surface area (TPSA) is 57.7 Å². The number of piperidine rings is 1. The highest BCUT2D eigenvalue weighted by molar-refractivity contribution is 5.79. The number of morpholine rings is 1. The van der Waals surface area contributed by atoms with Crippen molar-refractivity contribution in [3.05, 3.63) is 30.1 Å². The zero-order valence-corrected chi connectivity index (χ0v) is 17.5. The van der Waals surface area contributed by atoms with Crippen LogP contribution in [0.4, 0.5) is 0 Å². The number of carbonyl (C=O) groups is 1. The third-order valence-electron chi connectivity index (χ3n) is 5.82. The van der Waals surface area contributed by atoms with Crippen LogP contribution in [0.1, 0.15) is 38.7 Å². The number of hydrogen-bond acceptors (Lipinski definition) is 5. The summed E-state index contributed by atoms with van der Waals surface area (Å²) in [7, 11) is 0. The van der Waals surface area contributed by atoms with Gasteiger partial charge in [0, 0.05) is 51.2 Å². The van der Waals surface area contributed by atoms with Crippen LogP contribution in [-0.2, 0) is 16.1 Å². The highest BCUT2D eigenvalue weighted by atomic mass is 16.5. The first kappa shape index (κ1) is 21.2. The predicted octanol–water partition coefficient (Wildman–Crippen LogP) is 2.16. The average molecular weight is 389 g/mol. The van der Waals surface area contributed by atoms with Crippen LogP contribution >= 0.6 is 0 Å². The fourth-order valence-electron chi connectivity index (χ4n) is 4.37. The molecule has 2 saturated heterocycles. The van der Waals surface area contributed by atoms with E-state index in [1.807, 2.05) is 12.3 Å². The first-order valence-electron chi connectivity index (χ1n) is 10.8. The second-order valence-electron chi connectivity index (χ2n) is 8.61. The molecule has 0 bridgehead atoms. The number of aromatic nitrogens is 1. The van der Waals surface area contributed by atoms with Crippen LogP contribution in [0.3, 0.4) is 0 Å². The van der Waals surface area contributed by atoms with Gasteiger partial charge in [0.2, 0.25) is 5.91 Å². The van der Waals surface area contributed by atoms with E-state index >= 15 is 0 Å². The fraction of sp³-hybridized carbons (Fsp3) is 0.727. The minimum Gasteiger partial charge on any atom is -0.379 e. The van der Waals surface area contributed by atoms with Crippen LogP contribution in [0.25, 0.3) is 0 Å². The number of ether oxygens (including phenoxy) is 1. The van der Waals surface area contributed by atoms with Gasteiger partial charge in [0.1, 0.15) is 0 Å². The maximum Gasteiger partial charge on any atom is 0.224 e. The van der Waals surface area contributed by atoms with Gasteiger partial charge >= 0.3 is 0 Å². The number of rotatable bonds is 8. The normalized spacial score (nSPS) is 22.9. The molecule has 2 aliphatic heterocycles. The molecule has 3 heterocycles. The van der Waals surface area contributed by atoms with E-state index in [2.05, 4.69) is 40.0 Å². The van der Waals surface area contributed by atoms with Crippen molar-refractivity contribution in [3.8, 4) is 0 Å². The Morgan fingerprint density at radius 1 is 1.32 bits per heavy atom. The Kier molecular flexibility index (Phi) is 8.25. The van der Waals surface area contributed by atoms with Crippen molar-refractivity contribution >= 4 is 5.91 Å². The molecule has 28 heavy (non-hydrogen) atoms. The summed E-state index contributed by atoms with van der Waals surface area (Å²) >= 11 is 0. The summed E-state index contributed by atoms with van der Waals surface area (Å²) in [6.07, 6.45) is 6.90. The summed E-state index contributed by atoms with van der Waals surface area (Å²) in [5.74, 6) is 0.933. The minimum atomic E-state index is 0.0924. The van der Waals surface area contributed by atoms with Crippen molar-refractivity contribution < 1.29 is 9.53 Å². The zero-order chi connectivity index (χ0) is 19.8. The van der Waals surface area contributed by atoms with Gasteiger partial charge in [-0.3, -0.25) is 19.6 Å². The van der Waals surface area contributed by atoms with Gasteiger partial charge in [0.25, 0.3) is 0 Å². The molecule has 3 rings (SSSR count). The van der Waals surface area contributed by atoms with Crippen molar-refractivity contribution in [1.29, 1.82) is 0 Å². The van der Waals surface area contributed by atoms with E-state index < -0.39 is 0 Å². The Bertz CT molecular complexity index is 589. The number of hydrogen-bond donors (Lipinski definition) is 1. The van der Waals surface area contributed by atoms with Crippen LogP contribution in [-0.4, -0.2) is 72.7 Å². The van der Waals surface area contributed by atoms with Crippen LogP contribution in [0.5, 0.6) is 0 Å². The molecule has 0 unspecified atom stereocenters. The second-order valence-corrected chi connectivity index (χ2v) is 8.61. The molecule has 1 amide bonds. The molecule has 1 N–H and O–H groups in total. The quantitative estimate of drug-likeness (QED) is 0.740. The number of carbonyl (C=O) groups excluding carboxylic acids is 1. The summed E-state index contributed by atoms with van der Waals surface area (Å²) in [4.78, 5) is 22.0. The maximum absolute atomic E-state index is 12.9. The number of amides is 1. The maximum atomic E-state index is 12.9. The van der Waals surface area contributed by atoms with Gasteiger partial charge in [-0.25, -0.2) is 0 Å². The summed E-state index contributed by atoms with van der Waals surface area (Å²) in [5, 5.41) is 3.28. The van der Waals surface area contributed by atoms with Gasteiger partial charge in [0.05, 0.1) is 19.1 Å². The van der Waals surface area contributed by atoms with Crippen molar-refractivity contribution in [3.63, 3.8) is 0 Å². The lowest BCUT2D eigenvalue weighted by atomic mass is 9.96. The molecule has 0 saturated carbocycles. The van der Waals surface area contributed by atoms with Crippen molar-refractivity contribution in [2.75, 3.05) is 45.9 Å². The van der Waals surface area contributed by atoms with Gasteiger partial charge in [0.15, 0.2) is 0 Å². The molecule has 1 aromatic rings. The summed E-state index contributed by atoms with van der Waals surface area (Å²) < 4.78 is 5.50. The lowest BCUT2D eigenvalue weighted by Gasteiger charge is -2.36. The fourth-order valence-corrected chi connectivity index (χ4v) is 4.37. The van der Waals surface area contributed by atoms with Crippen LogP contribution in [0.15, 0.2) is 24.5 Å². The van der Waals surface area contributed by atoms with Gasteiger partial charge < -0.3 is 10.1 Å². The van der Waals surface area contributed by atoms with E-state index in [1.165, 1.54) is 5.56 Å². The minimum absolute atomic E-state index is 0.0924. The molecule has 6 nitrogen and oxygen atoms in total. The second kappa shape index (κ2) is 10.9. The molecule has 0 spiro atoms. The van der Waals surface area contributed by atoms with E-state index in [0.717, 1.165) is 71.7 Å². The Balaban J connectivity index is 1.49. The largest absolute Gasteiger partial charge is 0.379 e. The summed E-state index contributed by atoms with van der Waals surface area (Å²) in [6, 6.07) is 4.49. The van der Waals surface area contributed by atoms with Gasteiger partial charge in [-0.05, 0) is 43.4 Å². The van der Waals surface area contributed by atoms with Crippen LogP contribution in [0, 0.1) is 11.8 Å². The number of nitrogens with one attached hydrogen (secondary N) is 1. The SMILES string of the molecule is CC(C)C[C@H](CNC(=O)[C@@H]1CCCN(Cc2cccnc2)C1)N1CCOCC1. The molecule has 0 radical (unpaired) electrons. The van der Waals surface area contributed by atoms with E-state index in [-0.39, 0.29) is 11.8 Å². The van der Waals surface area contributed by atoms with E-state index in [4.69, 9.17) is 4.74 Å². The molecule has 6 heteroatoms. The number of pyridine rings is 1. The van der Waals surface area contributed by atoms with E-state index in [1.54, 1.807) is 6.20 Å². The molecule has 2 aliphatic rings. The third kappa shape index (κ3) is 6.54. The number of nitrogens with zero attached hydrogens (tertiary/aromatic N) is 3. The summed E-state index contributed by atoms with van der Waals surface area (Å²) in [5.41, 5.74) is 1.22. The average Bonchev–Trinajstić information content (AvgIpc) is 2.72. The Morgan fingerprint density at radius 3 is 2.86 bits per heavy atom. The molecule has 1 aromatic heterocycles. The predicted molar refractivity (Wildman–Crippen MR) is 111 cm³/mol. The standard InChI is InChI=1S/C22H36N4O2/c1-18(2)13-21(26-9-11-28-12-10-26)15-24-22(27)20-6-4-8-25(17-20)16-19-5-3-7-23-14-19/h3,5,7,14,18,20-21H,4,6,8-13,15-17H2,1-2H3,(H,24,27)/t20-,21-/m1/s1. The monoisotopic (exact) mass is 388 g/mol. The van der Waals surface area contributed by atoms with E-state index in [9.17, 15) is 4.79 Å². The highest BCUT2D eigenvalue weighted by Crippen LogP contribution is 2.19. The van der Waals surface area contributed by atoms with Crippen molar-refractivity contribution in [1.82, 2.24) is 20.1 Å². The van der Waals surface area contributed by atoms with Crippen LogP contribution < -0.4 is 5.32 Å². The van der Waals surface area contributed by atoms with Crippen molar-refractivity contribution in [2.24, 2.45) is 11.8 Å². The first-order valence-corrected chi connectivity index (χ1v) is 10.8. The molecule has 0 aromatic carbocycles. The Hall–Kier alpha value is -1.50. The zero-order valence-electron chi connectivity index (χ0n) is 17.5. The van der Waals surface area contributed by atoms with Gasteiger partial charge in [-0.1, -0.05) is 19.9 Å². The first-order chi connectivity index (χ1) is 13.6. The lowest BCUT2D eigenvalue weighted by molar-refractivity contribution is -0.127. The van der Waals surface area contributed by atoms with E-state index in [0.29, 0.717) is 12.0 Å². The smallest absolute Gasteiger partial charge is 0.224 e. The third-order valence-corrected chi connectivity index (χ3v) is 5.82. The van der Waals surface area contributed by atoms with Crippen molar-refractivity contribution in [2.45, 2.75) is 45.7 Å². The number of likely N-dealkylation sites (tertiary alicyclic amines) is 1. The van der Waals surface area contributed by atoms with Gasteiger partial charge in [-0.2, -0.15) is 0 Å². The van der Waals surface area contributed by atoms with Crippen LogP contribution in [0.2, 0.25) is 0 Å². The molecule has 156 valence electrons. The Morgan fingerprint density at radius 2 is 2.14 bits per heavy atom. The molecule has 2 fully saturated rings. The molecule has 2 atom stereocenters. The molecule has 0 aliphatic carbocycles. The lowest BCUT2D eigenvalue weighted by Crippen LogP contribution is -2.51. The molecular weight excluding hydrogens is 352 g/mol. The molecular formula is C22H36N4O2. The summed E-state index contributed by atoms with van der Waals surface area (Å²) in [6.45, 7) is 11.6. The highest BCUT2D eigenvalue weighted by Gasteiger charge is 2.28. The van der Waals surface area contributed by atoms with Gasteiger partial charge in [-0.15, -0.1) is 0 Å².